The highest BCUT2D eigenvalue weighted by atomic mass is 35.5. The van der Waals surface area contributed by atoms with Gasteiger partial charge in [-0.25, -0.2) is 0 Å². The number of benzene rings is 1. The molecule has 3 nitrogen and oxygen atoms in total. The van der Waals surface area contributed by atoms with Crippen LogP contribution < -0.4 is 4.74 Å². The quantitative estimate of drug-likeness (QED) is 0.747. The van der Waals surface area contributed by atoms with Gasteiger partial charge < -0.3 is 4.74 Å². The summed E-state index contributed by atoms with van der Waals surface area (Å²) < 4.78 is 6.97. The van der Waals surface area contributed by atoms with Gasteiger partial charge in [-0.3, -0.25) is 4.68 Å². The lowest BCUT2D eigenvalue weighted by Gasteiger charge is -2.03. The SMILES string of the molecule is Cn1ccc(-c2cccc(OCCl)c2)n1. The lowest BCUT2D eigenvalue weighted by molar-refractivity contribution is 0.388. The van der Waals surface area contributed by atoms with Crippen molar-refractivity contribution in [2.75, 3.05) is 6.07 Å². The normalized spacial score (nSPS) is 10.3. The third-order valence-corrected chi connectivity index (χ3v) is 2.17. The van der Waals surface area contributed by atoms with E-state index in [1.807, 2.05) is 43.6 Å². The molecule has 0 N–H and O–H groups in total. The van der Waals surface area contributed by atoms with Crippen LogP contribution >= 0.6 is 11.6 Å². The van der Waals surface area contributed by atoms with Crippen molar-refractivity contribution >= 4 is 11.6 Å². The van der Waals surface area contributed by atoms with Crippen molar-refractivity contribution in [3.8, 4) is 17.0 Å². The van der Waals surface area contributed by atoms with Gasteiger partial charge in [0.2, 0.25) is 0 Å². The first kappa shape index (κ1) is 10.1. The van der Waals surface area contributed by atoms with Crippen molar-refractivity contribution in [1.82, 2.24) is 9.78 Å². The van der Waals surface area contributed by atoms with Crippen molar-refractivity contribution in [3.05, 3.63) is 36.5 Å². The second kappa shape index (κ2) is 4.36. The molecule has 1 aromatic carbocycles. The van der Waals surface area contributed by atoms with Gasteiger partial charge in [-0.05, 0) is 18.2 Å². The molecule has 2 aromatic rings. The zero-order valence-corrected chi connectivity index (χ0v) is 9.11. The largest absolute Gasteiger partial charge is 0.478 e. The number of rotatable bonds is 3. The fraction of sp³-hybridized carbons (Fsp3) is 0.182. The molecule has 0 fully saturated rings. The van der Waals surface area contributed by atoms with E-state index in [1.165, 1.54) is 0 Å². The molecule has 0 unspecified atom stereocenters. The van der Waals surface area contributed by atoms with Crippen molar-refractivity contribution in [1.29, 1.82) is 0 Å². The molecule has 1 heterocycles. The van der Waals surface area contributed by atoms with E-state index in [1.54, 1.807) is 4.68 Å². The van der Waals surface area contributed by atoms with E-state index in [2.05, 4.69) is 5.10 Å². The minimum Gasteiger partial charge on any atom is -0.478 e. The predicted molar refractivity (Wildman–Crippen MR) is 60.0 cm³/mol. The van der Waals surface area contributed by atoms with Gasteiger partial charge in [0.1, 0.15) is 5.75 Å². The summed E-state index contributed by atoms with van der Waals surface area (Å²) in [7, 11) is 1.89. The van der Waals surface area contributed by atoms with Gasteiger partial charge in [0.15, 0.2) is 6.07 Å². The van der Waals surface area contributed by atoms with Gasteiger partial charge in [0.05, 0.1) is 5.69 Å². The topological polar surface area (TPSA) is 27.1 Å². The van der Waals surface area contributed by atoms with E-state index in [9.17, 15) is 0 Å². The minimum atomic E-state index is 0.158. The molecular formula is C11H11ClN2O. The first-order chi connectivity index (χ1) is 7.29. The first-order valence-corrected chi connectivity index (χ1v) is 5.12. The van der Waals surface area contributed by atoms with Crippen LogP contribution in [0.2, 0.25) is 0 Å². The van der Waals surface area contributed by atoms with Crippen LogP contribution in [0.3, 0.4) is 0 Å². The van der Waals surface area contributed by atoms with Crippen molar-refractivity contribution in [2.45, 2.75) is 0 Å². The highest BCUT2D eigenvalue weighted by Crippen LogP contribution is 2.22. The fourth-order valence-electron chi connectivity index (χ4n) is 1.38. The van der Waals surface area contributed by atoms with Crippen LogP contribution in [-0.2, 0) is 7.05 Å². The maximum atomic E-state index is 5.50. The number of alkyl halides is 1. The van der Waals surface area contributed by atoms with E-state index in [4.69, 9.17) is 16.3 Å². The molecule has 2 rings (SSSR count). The second-order valence-corrected chi connectivity index (χ2v) is 3.37. The van der Waals surface area contributed by atoms with Crippen LogP contribution in [0.15, 0.2) is 36.5 Å². The highest BCUT2D eigenvalue weighted by Gasteiger charge is 2.02. The summed E-state index contributed by atoms with van der Waals surface area (Å²) >= 11 is 5.50. The van der Waals surface area contributed by atoms with Crippen LogP contribution in [0.5, 0.6) is 5.75 Å². The van der Waals surface area contributed by atoms with Gasteiger partial charge in [0.25, 0.3) is 0 Å². The number of hydrogen-bond acceptors (Lipinski definition) is 2. The summed E-state index contributed by atoms with van der Waals surface area (Å²) in [6.07, 6.45) is 1.91. The molecule has 0 radical (unpaired) electrons. The maximum absolute atomic E-state index is 5.50. The molecule has 4 heteroatoms. The van der Waals surface area contributed by atoms with Gasteiger partial charge >= 0.3 is 0 Å². The van der Waals surface area contributed by atoms with Crippen LogP contribution in [0.1, 0.15) is 0 Å². The fourth-order valence-corrected chi connectivity index (χ4v) is 1.50. The molecule has 0 aliphatic rings. The average molecular weight is 223 g/mol. The van der Waals surface area contributed by atoms with Gasteiger partial charge in [-0.2, -0.15) is 5.10 Å². The minimum absolute atomic E-state index is 0.158. The zero-order valence-electron chi connectivity index (χ0n) is 8.35. The Morgan fingerprint density at radius 1 is 1.40 bits per heavy atom. The maximum Gasteiger partial charge on any atom is 0.162 e. The van der Waals surface area contributed by atoms with Crippen LogP contribution in [0, 0.1) is 0 Å². The summed E-state index contributed by atoms with van der Waals surface area (Å²) in [4.78, 5) is 0. The Morgan fingerprint density at radius 3 is 2.93 bits per heavy atom. The number of aromatic nitrogens is 2. The molecule has 0 aliphatic heterocycles. The molecule has 1 aromatic heterocycles. The van der Waals surface area contributed by atoms with E-state index in [0.717, 1.165) is 17.0 Å². The smallest absolute Gasteiger partial charge is 0.162 e. The third-order valence-electron chi connectivity index (χ3n) is 2.06. The molecule has 0 aliphatic carbocycles. The number of aryl methyl sites for hydroxylation is 1. The molecule has 0 amide bonds. The summed E-state index contributed by atoms with van der Waals surface area (Å²) in [5, 5.41) is 4.31. The van der Waals surface area contributed by atoms with Crippen molar-refractivity contribution in [2.24, 2.45) is 7.05 Å². The molecule has 15 heavy (non-hydrogen) atoms. The van der Waals surface area contributed by atoms with Crippen molar-refractivity contribution in [3.63, 3.8) is 0 Å². The lowest BCUT2D eigenvalue weighted by Crippen LogP contribution is -1.90. The van der Waals surface area contributed by atoms with Crippen LogP contribution in [-0.4, -0.2) is 15.8 Å². The van der Waals surface area contributed by atoms with E-state index in [0.29, 0.717) is 0 Å². The molecule has 0 bridgehead atoms. The lowest BCUT2D eigenvalue weighted by atomic mass is 10.1. The van der Waals surface area contributed by atoms with Crippen LogP contribution in [0.25, 0.3) is 11.3 Å². The zero-order chi connectivity index (χ0) is 10.7. The average Bonchev–Trinajstić information content (AvgIpc) is 2.66. The Bertz CT molecular complexity index is 453. The van der Waals surface area contributed by atoms with Crippen molar-refractivity contribution < 1.29 is 4.74 Å². The first-order valence-electron chi connectivity index (χ1n) is 4.58. The monoisotopic (exact) mass is 222 g/mol. The van der Waals surface area contributed by atoms with E-state index < -0.39 is 0 Å². The van der Waals surface area contributed by atoms with Crippen LogP contribution in [0.4, 0.5) is 0 Å². The van der Waals surface area contributed by atoms with Gasteiger partial charge in [0, 0.05) is 18.8 Å². The van der Waals surface area contributed by atoms with Gasteiger partial charge in [-0.1, -0.05) is 23.7 Å². The summed E-state index contributed by atoms with van der Waals surface area (Å²) in [5.41, 5.74) is 1.95. The van der Waals surface area contributed by atoms with E-state index >= 15 is 0 Å². The third kappa shape index (κ3) is 2.30. The predicted octanol–water partition coefficient (Wildman–Crippen LogP) is 2.66. The highest BCUT2D eigenvalue weighted by molar-refractivity contribution is 6.17. The summed E-state index contributed by atoms with van der Waals surface area (Å²) in [6, 6.07) is 9.82. The molecular weight excluding hydrogens is 212 g/mol. The molecule has 0 saturated carbocycles. The second-order valence-electron chi connectivity index (χ2n) is 3.16. The van der Waals surface area contributed by atoms with Gasteiger partial charge in [-0.15, -0.1) is 0 Å². The Hall–Kier alpha value is -1.48. The molecule has 0 saturated heterocycles. The molecule has 0 spiro atoms. The number of halogens is 1. The standard InChI is InChI=1S/C11H11ClN2O/c1-14-6-5-11(13-14)9-3-2-4-10(7-9)15-8-12/h2-7H,8H2,1H3. The summed E-state index contributed by atoms with van der Waals surface area (Å²) in [5.74, 6) is 0.758. The Morgan fingerprint density at radius 2 is 2.27 bits per heavy atom. The number of ether oxygens (including phenoxy) is 1. The molecule has 78 valence electrons. The summed E-state index contributed by atoms with van der Waals surface area (Å²) in [6.45, 7) is 0. The Labute approximate surface area is 93.2 Å². The van der Waals surface area contributed by atoms with E-state index in [-0.39, 0.29) is 6.07 Å². The number of nitrogens with zero attached hydrogens (tertiary/aromatic N) is 2. The molecule has 0 atom stereocenters. The Balaban J connectivity index is 2.32. The Kier molecular flexibility index (Phi) is 2.92. The number of hydrogen-bond donors (Lipinski definition) is 0.